The SMILES string of the molecule is CCN1CCN(c2c(CN(CCOC)C(=O)c3cccc(Cl)c3)c(C)nn2-c2ccccc2)CC1. The van der Waals surface area contributed by atoms with Gasteiger partial charge in [-0.25, -0.2) is 4.68 Å². The van der Waals surface area contributed by atoms with Crippen LogP contribution >= 0.6 is 11.6 Å². The number of rotatable bonds is 9. The second-order valence-electron chi connectivity index (χ2n) is 8.79. The quantitative estimate of drug-likeness (QED) is 0.444. The fourth-order valence-corrected chi connectivity index (χ4v) is 4.72. The molecule has 4 rings (SSSR count). The molecule has 0 atom stereocenters. The third-order valence-corrected chi connectivity index (χ3v) is 6.79. The number of carbonyl (C=O) groups excluding carboxylic acids is 1. The molecule has 1 aliphatic heterocycles. The average molecular weight is 496 g/mol. The molecule has 0 bridgehead atoms. The molecule has 1 fully saturated rings. The Bertz CT molecular complexity index is 1130. The second kappa shape index (κ2) is 11.7. The second-order valence-corrected chi connectivity index (χ2v) is 9.22. The minimum atomic E-state index is -0.0711. The average Bonchev–Trinajstić information content (AvgIpc) is 3.22. The molecule has 186 valence electrons. The molecular formula is C27H34ClN5O2. The zero-order chi connectivity index (χ0) is 24.8. The predicted octanol–water partition coefficient (Wildman–Crippen LogP) is 4.26. The Morgan fingerprint density at radius 1 is 1.09 bits per heavy atom. The molecule has 1 amide bonds. The van der Waals surface area contributed by atoms with Crippen LogP contribution in [-0.4, -0.2) is 78.5 Å². The van der Waals surface area contributed by atoms with E-state index in [1.807, 2.05) is 34.7 Å². The van der Waals surface area contributed by atoms with E-state index in [-0.39, 0.29) is 5.91 Å². The van der Waals surface area contributed by atoms with E-state index < -0.39 is 0 Å². The molecule has 3 aromatic rings. The Morgan fingerprint density at radius 3 is 2.49 bits per heavy atom. The first kappa shape index (κ1) is 25.2. The third-order valence-electron chi connectivity index (χ3n) is 6.55. The molecule has 7 nitrogen and oxygen atoms in total. The zero-order valence-corrected chi connectivity index (χ0v) is 21.5. The molecule has 1 aromatic heterocycles. The lowest BCUT2D eigenvalue weighted by molar-refractivity contribution is 0.0680. The van der Waals surface area contributed by atoms with Gasteiger partial charge >= 0.3 is 0 Å². The van der Waals surface area contributed by atoms with Crippen molar-refractivity contribution in [1.29, 1.82) is 0 Å². The fourth-order valence-electron chi connectivity index (χ4n) is 4.53. The molecule has 0 aliphatic carbocycles. The molecule has 35 heavy (non-hydrogen) atoms. The molecule has 1 saturated heterocycles. The van der Waals surface area contributed by atoms with E-state index in [2.05, 4.69) is 28.9 Å². The van der Waals surface area contributed by atoms with Crippen molar-refractivity contribution in [3.8, 4) is 5.69 Å². The molecule has 0 saturated carbocycles. The highest BCUT2D eigenvalue weighted by Crippen LogP contribution is 2.30. The summed E-state index contributed by atoms with van der Waals surface area (Å²) in [6.45, 7) is 10.5. The summed E-state index contributed by atoms with van der Waals surface area (Å²) < 4.78 is 7.37. The lowest BCUT2D eigenvalue weighted by atomic mass is 10.1. The summed E-state index contributed by atoms with van der Waals surface area (Å²) in [6, 6.07) is 17.3. The highest BCUT2D eigenvalue weighted by Gasteiger charge is 2.28. The van der Waals surface area contributed by atoms with Crippen LogP contribution in [0.5, 0.6) is 0 Å². The minimum absolute atomic E-state index is 0.0711. The van der Waals surface area contributed by atoms with Crippen LogP contribution in [0.2, 0.25) is 5.02 Å². The van der Waals surface area contributed by atoms with Gasteiger partial charge in [0.1, 0.15) is 5.82 Å². The van der Waals surface area contributed by atoms with Crippen LogP contribution in [-0.2, 0) is 11.3 Å². The number of methoxy groups -OCH3 is 1. The fraction of sp³-hybridized carbons (Fsp3) is 0.407. The van der Waals surface area contributed by atoms with Gasteiger partial charge in [-0.05, 0) is 43.8 Å². The Balaban J connectivity index is 1.72. The topological polar surface area (TPSA) is 53.8 Å². The van der Waals surface area contributed by atoms with Crippen LogP contribution in [0.15, 0.2) is 54.6 Å². The van der Waals surface area contributed by atoms with Gasteiger partial charge in [0, 0.05) is 56.0 Å². The van der Waals surface area contributed by atoms with Gasteiger partial charge in [0.15, 0.2) is 0 Å². The van der Waals surface area contributed by atoms with E-state index in [0.29, 0.717) is 30.3 Å². The summed E-state index contributed by atoms with van der Waals surface area (Å²) in [5.41, 5.74) is 3.56. The van der Waals surface area contributed by atoms with Crippen LogP contribution in [0.25, 0.3) is 5.69 Å². The number of ether oxygens (including phenoxy) is 1. The van der Waals surface area contributed by atoms with Crippen molar-refractivity contribution in [1.82, 2.24) is 19.6 Å². The summed E-state index contributed by atoms with van der Waals surface area (Å²) in [4.78, 5) is 20.2. The molecular weight excluding hydrogens is 462 g/mol. The van der Waals surface area contributed by atoms with E-state index in [0.717, 1.165) is 55.5 Å². The highest BCUT2D eigenvalue weighted by atomic mass is 35.5. The Labute approximate surface area is 212 Å². The van der Waals surface area contributed by atoms with Gasteiger partial charge in [0.25, 0.3) is 5.91 Å². The Kier molecular flexibility index (Phi) is 8.44. The molecule has 1 aliphatic rings. The maximum atomic E-state index is 13.5. The van der Waals surface area contributed by atoms with Gasteiger partial charge in [-0.3, -0.25) is 4.79 Å². The molecule has 2 heterocycles. The number of aryl methyl sites for hydroxylation is 1. The number of hydrogen-bond acceptors (Lipinski definition) is 5. The number of halogens is 1. The first-order chi connectivity index (χ1) is 17.0. The number of para-hydroxylation sites is 1. The summed E-state index contributed by atoms with van der Waals surface area (Å²) in [7, 11) is 1.65. The molecule has 0 spiro atoms. The first-order valence-electron chi connectivity index (χ1n) is 12.2. The number of benzene rings is 2. The highest BCUT2D eigenvalue weighted by molar-refractivity contribution is 6.30. The minimum Gasteiger partial charge on any atom is -0.383 e. The van der Waals surface area contributed by atoms with Crippen molar-refractivity contribution in [3.63, 3.8) is 0 Å². The first-order valence-corrected chi connectivity index (χ1v) is 12.5. The van der Waals surface area contributed by atoms with Crippen molar-refractivity contribution in [2.24, 2.45) is 0 Å². The summed E-state index contributed by atoms with van der Waals surface area (Å²) in [5, 5.41) is 5.49. The number of hydrogen-bond donors (Lipinski definition) is 0. The number of amides is 1. The van der Waals surface area contributed by atoms with Crippen molar-refractivity contribution in [2.75, 3.05) is 57.9 Å². The van der Waals surface area contributed by atoms with Gasteiger partial charge in [0.2, 0.25) is 0 Å². The van der Waals surface area contributed by atoms with Crippen LogP contribution in [0.1, 0.15) is 28.5 Å². The van der Waals surface area contributed by atoms with Gasteiger partial charge in [-0.2, -0.15) is 5.10 Å². The largest absolute Gasteiger partial charge is 0.383 e. The van der Waals surface area contributed by atoms with Gasteiger partial charge in [-0.15, -0.1) is 0 Å². The number of nitrogens with zero attached hydrogens (tertiary/aromatic N) is 5. The predicted molar refractivity (Wildman–Crippen MR) is 141 cm³/mol. The monoisotopic (exact) mass is 495 g/mol. The normalized spacial score (nSPS) is 14.3. The van der Waals surface area contributed by atoms with Crippen LogP contribution < -0.4 is 4.90 Å². The van der Waals surface area contributed by atoms with Crippen molar-refractivity contribution in [2.45, 2.75) is 20.4 Å². The van der Waals surface area contributed by atoms with E-state index in [1.54, 1.807) is 31.4 Å². The Morgan fingerprint density at radius 2 is 1.83 bits per heavy atom. The van der Waals surface area contributed by atoms with Crippen LogP contribution in [0.3, 0.4) is 0 Å². The molecule has 0 N–H and O–H groups in total. The maximum Gasteiger partial charge on any atom is 0.254 e. The van der Waals surface area contributed by atoms with Gasteiger partial charge in [-0.1, -0.05) is 42.8 Å². The number of carbonyl (C=O) groups is 1. The summed E-state index contributed by atoms with van der Waals surface area (Å²) in [6.07, 6.45) is 0. The van der Waals surface area contributed by atoms with Crippen molar-refractivity contribution in [3.05, 3.63) is 76.4 Å². The molecule has 0 radical (unpaired) electrons. The smallest absolute Gasteiger partial charge is 0.254 e. The lowest BCUT2D eigenvalue weighted by Gasteiger charge is -2.36. The van der Waals surface area contributed by atoms with Crippen LogP contribution in [0.4, 0.5) is 5.82 Å². The van der Waals surface area contributed by atoms with Gasteiger partial charge < -0.3 is 19.4 Å². The molecule has 0 unspecified atom stereocenters. The standard InChI is InChI=1S/C27H34ClN5O2/c1-4-30-13-15-31(16-14-30)26-25(21(2)29-33(26)24-11-6-5-7-12-24)20-32(17-18-35-3)27(34)22-9-8-10-23(28)19-22/h5-12,19H,4,13-18,20H2,1-3H3. The van der Waals surface area contributed by atoms with Crippen molar-refractivity contribution >= 4 is 23.3 Å². The van der Waals surface area contributed by atoms with Crippen LogP contribution in [0, 0.1) is 6.92 Å². The van der Waals surface area contributed by atoms with Gasteiger partial charge in [0.05, 0.1) is 24.5 Å². The summed E-state index contributed by atoms with van der Waals surface area (Å²) in [5.74, 6) is 0.990. The molecule has 8 heteroatoms. The number of piperazine rings is 1. The van der Waals surface area contributed by atoms with E-state index in [4.69, 9.17) is 21.4 Å². The maximum absolute atomic E-state index is 13.5. The summed E-state index contributed by atoms with van der Waals surface area (Å²) >= 11 is 6.19. The lowest BCUT2D eigenvalue weighted by Crippen LogP contribution is -2.47. The van der Waals surface area contributed by atoms with Crippen molar-refractivity contribution < 1.29 is 9.53 Å². The van der Waals surface area contributed by atoms with E-state index in [9.17, 15) is 4.79 Å². The number of anilines is 1. The zero-order valence-electron chi connectivity index (χ0n) is 20.8. The number of likely N-dealkylation sites (N-methyl/N-ethyl adjacent to an activating group) is 1. The Hall–Kier alpha value is -2.87. The van der Waals surface area contributed by atoms with E-state index >= 15 is 0 Å². The van der Waals surface area contributed by atoms with E-state index in [1.165, 1.54) is 0 Å². The number of aromatic nitrogens is 2. The third kappa shape index (κ3) is 5.86. The molecule has 2 aromatic carbocycles.